The summed E-state index contributed by atoms with van der Waals surface area (Å²) in [4.78, 5) is 13.2. The zero-order valence-electron chi connectivity index (χ0n) is 23.3. The van der Waals surface area contributed by atoms with Crippen molar-refractivity contribution < 1.29 is 43.8 Å². The van der Waals surface area contributed by atoms with Crippen molar-refractivity contribution in [1.29, 1.82) is 0 Å². The van der Waals surface area contributed by atoms with Gasteiger partial charge in [-0.2, -0.15) is 0 Å². The molecule has 4 aliphatic rings. The van der Waals surface area contributed by atoms with E-state index in [0.717, 1.165) is 16.3 Å². The lowest BCUT2D eigenvalue weighted by Gasteiger charge is -2.44. The third kappa shape index (κ3) is 6.44. The summed E-state index contributed by atoms with van der Waals surface area (Å²) in [6.45, 7) is 0.306. The fraction of sp³-hybridized carbons (Fsp3) is 0.485. The van der Waals surface area contributed by atoms with Crippen LogP contribution in [-0.4, -0.2) is 95.4 Å². The molecule has 6 rings (SSSR count). The monoisotopic (exact) mass is 578 g/mol. The van der Waals surface area contributed by atoms with E-state index >= 15 is 0 Å². The molecule has 0 unspecified atom stereocenters. The molecule has 0 spiro atoms. The Morgan fingerprint density at radius 3 is 2.57 bits per heavy atom. The maximum Gasteiger partial charge on any atom is 0.184 e. The minimum atomic E-state index is -1.06. The van der Waals surface area contributed by atoms with Crippen molar-refractivity contribution in [2.45, 2.75) is 86.9 Å². The first-order valence-corrected chi connectivity index (χ1v) is 14.7. The summed E-state index contributed by atoms with van der Waals surface area (Å²) in [5, 5.41) is 33.7. The molecule has 9 nitrogen and oxygen atoms in total. The van der Waals surface area contributed by atoms with Crippen molar-refractivity contribution in [3.8, 4) is 0 Å². The molecule has 0 amide bonds. The molecule has 1 fully saturated rings. The van der Waals surface area contributed by atoms with Crippen LogP contribution in [0, 0.1) is 0 Å². The van der Waals surface area contributed by atoms with Gasteiger partial charge in [0, 0.05) is 6.42 Å². The van der Waals surface area contributed by atoms with Gasteiger partial charge < -0.3 is 39.0 Å². The van der Waals surface area contributed by atoms with E-state index in [0.29, 0.717) is 19.4 Å². The van der Waals surface area contributed by atoms with Crippen LogP contribution in [0.5, 0.6) is 0 Å². The second-order valence-corrected chi connectivity index (χ2v) is 11.3. The molecule has 224 valence electrons. The SMILES string of the molecule is O=C1C=C[C@@H]2O[C@H](CO)[C@@H](O)/C=C\C[C@H]2O[C@H]1C[C@H]1O[C@H]2CC=CCO[C@@H]2[C@@H](OCc2ccc3ccccc3c2)[C@@H]1O. The number of rotatable bonds is 6. The Morgan fingerprint density at radius 2 is 1.71 bits per heavy atom. The van der Waals surface area contributed by atoms with Crippen LogP contribution in [0.2, 0.25) is 0 Å². The fourth-order valence-electron chi connectivity index (χ4n) is 6.16. The summed E-state index contributed by atoms with van der Waals surface area (Å²) in [6.07, 6.45) is 4.30. The third-order valence-corrected chi connectivity index (χ3v) is 8.45. The molecule has 2 aromatic rings. The normalized spacial score (nSPS) is 37.6. The smallest absolute Gasteiger partial charge is 0.184 e. The topological polar surface area (TPSA) is 124 Å². The summed E-state index contributed by atoms with van der Waals surface area (Å²) < 4.78 is 31.0. The lowest BCUT2D eigenvalue weighted by Crippen LogP contribution is -2.59. The van der Waals surface area contributed by atoms with Gasteiger partial charge in [-0.05, 0) is 47.4 Å². The highest BCUT2D eigenvalue weighted by Gasteiger charge is 2.48. The standard InChI is InChI=1S/C33H38O9/c34-18-30-23(35)8-5-10-25-26(41-30)14-13-24(36)28(40-25)17-29-31(37)33(32-27(42-29)9-3-4-15-38-32)39-19-20-11-12-21-6-1-2-7-22(21)16-20/h1-8,11-14,16,23,25-35,37H,9-10,15,17-19H2/b8-5-/t23-,25+,26-,27-,28-,29+,30+,31+,32-,33-/m0/s1. The van der Waals surface area contributed by atoms with E-state index in [4.69, 9.17) is 23.7 Å². The van der Waals surface area contributed by atoms with Crippen molar-refractivity contribution in [2.24, 2.45) is 0 Å². The molecule has 2 aromatic carbocycles. The van der Waals surface area contributed by atoms with Gasteiger partial charge in [0.15, 0.2) is 5.78 Å². The molecule has 3 N–H and O–H groups in total. The van der Waals surface area contributed by atoms with Crippen molar-refractivity contribution >= 4 is 16.6 Å². The highest BCUT2D eigenvalue weighted by molar-refractivity contribution is 5.94. The zero-order valence-corrected chi connectivity index (χ0v) is 23.3. The van der Waals surface area contributed by atoms with Gasteiger partial charge in [0.25, 0.3) is 0 Å². The Morgan fingerprint density at radius 1 is 0.881 bits per heavy atom. The zero-order chi connectivity index (χ0) is 29.1. The summed E-state index contributed by atoms with van der Waals surface area (Å²) in [7, 11) is 0. The van der Waals surface area contributed by atoms with E-state index in [1.165, 1.54) is 6.08 Å². The van der Waals surface area contributed by atoms with Gasteiger partial charge in [0.2, 0.25) is 0 Å². The van der Waals surface area contributed by atoms with E-state index in [1.807, 2.05) is 30.4 Å². The molecule has 0 aromatic heterocycles. The largest absolute Gasteiger partial charge is 0.394 e. The molecule has 10 atom stereocenters. The van der Waals surface area contributed by atoms with E-state index in [1.54, 1.807) is 18.2 Å². The average molecular weight is 579 g/mol. The van der Waals surface area contributed by atoms with Crippen LogP contribution in [0.15, 0.2) is 78.9 Å². The molecule has 4 aliphatic heterocycles. The van der Waals surface area contributed by atoms with Gasteiger partial charge >= 0.3 is 0 Å². The number of aliphatic hydroxyl groups is 3. The van der Waals surface area contributed by atoms with Crippen LogP contribution in [0.3, 0.4) is 0 Å². The number of carbonyl (C=O) groups is 1. The number of hydrogen-bond donors (Lipinski definition) is 3. The molecule has 0 radical (unpaired) electrons. The quantitative estimate of drug-likeness (QED) is 0.444. The van der Waals surface area contributed by atoms with E-state index in [-0.39, 0.29) is 31.5 Å². The van der Waals surface area contributed by atoms with Crippen LogP contribution in [0.25, 0.3) is 10.8 Å². The van der Waals surface area contributed by atoms with Gasteiger partial charge in [0.1, 0.15) is 42.7 Å². The second kappa shape index (κ2) is 13.3. The Bertz CT molecular complexity index is 1320. The number of hydrogen-bond acceptors (Lipinski definition) is 9. The Balaban J connectivity index is 1.18. The van der Waals surface area contributed by atoms with Crippen LogP contribution >= 0.6 is 0 Å². The van der Waals surface area contributed by atoms with E-state index < -0.39 is 54.9 Å². The maximum atomic E-state index is 13.2. The van der Waals surface area contributed by atoms with E-state index in [2.05, 4.69) is 24.3 Å². The minimum Gasteiger partial charge on any atom is -0.394 e. The highest BCUT2D eigenvalue weighted by Crippen LogP contribution is 2.34. The summed E-state index contributed by atoms with van der Waals surface area (Å²) >= 11 is 0. The van der Waals surface area contributed by atoms with Gasteiger partial charge in [0.05, 0.1) is 38.1 Å². The second-order valence-electron chi connectivity index (χ2n) is 11.3. The first-order valence-electron chi connectivity index (χ1n) is 14.7. The lowest BCUT2D eigenvalue weighted by molar-refractivity contribution is -0.251. The lowest BCUT2D eigenvalue weighted by atomic mass is 9.90. The van der Waals surface area contributed by atoms with Crippen LogP contribution in [0.1, 0.15) is 24.8 Å². The molecule has 9 heteroatoms. The van der Waals surface area contributed by atoms with Gasteiger partial charge in [-0.3, -0.25) is 4.79 Å². The third-order valence-electron chi connectivity index (χ3n) is 8.45. The number of benzene rings is 2. The molecule has 0 bridgehead atoms. The Kier molecular flexibility index (Phi) is 9.28. The molecular formula is C33H38O9. The molecular weight excluding hydrogens is 540 g/mol. The van der Waals surface area contributed by atoms with Gasteiger partial charge in [-0.1, -0.05) is 60.7 Å². The van der Waals surface area contributed by atoms with Crippen molar-refractivity contribution in [1.82, 2.24) is 0 Å². The molecule has 4 heterocycles. The first-order chi connectivity index (χ1) is 20.5. The summed E-state index contributed by atoms with van der Waals surface area (Å²) in [5.41, 5.74) is 0.981. The molecule has 1 saturated heterocycles. The fourth-order valence-corrected chi connectivity index (χ4v) is 6.16. The summed E-state index contributed by atoms with van der Waals surface area (Å²) in [6, 6.07) is 14.3. The number of ketones is 1. The predicted octanol–water partition coefficient (Wildman–Crippen LogP) is 2.55. The van der Waals surface area contributed by atoms with Crippen LogP contribution < -0.4 is 0 Å². The van der Waals surface area contributed by atoms with Crippen LogP contribution in [-0.2, 0) is 35.1 Å². The molecule has 0 saturated carbocycles. The number of ether oxygens (including phenoxy) is 5. The maximum absolute atomic E-state index is 13.2. The van der Waals surface area contributed by atoms with Crippen LogP contribution in [0.4, 0.5) is 0 Å². The van der Waals surface area contributed by atoms with Crippen molar-refractivity contribution in [2.75, 3.05) is 13.2 Å². The summed E-state index contributed by atoms with van der Waals surface area (Å²) in [5.74, 6) is -0.265. The Hall–Kier alpha value is -2.73. The minimum absolute atomic E-state index is 0.117. The Labute approximate surface area is 245 Å². The number of carbonyl (C=O) groups excluding carboxylic acids is 1. The molecule has 0 aliphatic carbocycles. The van der Waals surface area contributed by atoms with Crippen molar-refractivity contribution in [3.63, 3.8) is 0 Å². The van der Waals surface area contributed by atoms with E-state index in [9.17, 15) is 20.1 Å². The average Bonchev–Trinajstić information content (AvgIpc) is 3.31. The van der Waals surface area contributed by atoms with Crippen molar-refractivity contribution in [3.05, 3.63) is 84.5 Å². The highest BCUT2D eigenvalue weighted by atomic mass is 16.6. The number of aliphatic hydroxyl groups excluding tert-OH is 3. The number of fused-ring (bicyclic) bond motifs is 3. The molecule has 42 heavy (non-hydrogen) atoms. The van der Waals surface area contributed by atoms with Gasteiger partial charge in [-0.15, -0.1) is 0 Å². The van der Waals surface area contributed by atoms with Gasteiger partial charge in [-0.25, -0.2) is 0 Å². The predicted molar refractivity (Wildman–Crippen MR) is 154 cm³/mol. The first kappa shape index (κ1) is 29.3.